The lowest BCUT2D eigenvalue weighted by molar-refractivity contribution is -0.137. The zero-order valence-electron chi connectivity index (χ0n) is 17.2. The minimum atomic E-state index is -0.768. The summed E-state index contributed by atoms with van der Waals surface area (Å²) >= 11 is 0. The normalized spacial score (nSPS) is 13.3. The van der Waals surface area contributed by atoms with Crippen LogP contribution in [0.5, 0.6) is 5.75 Å². The summed E-state index contributed by atoms with van der Waals surface area (Å²) in [7, 11) is 0. The third-order valence-corrected chi connectivity index (χ3v) is 5.36. The summed E-state index contributed by atoms with van der Waals surface area (Å²) in [6, 6.07) is 13.2. The van der Waals surface area contributed by atoms with E-state index >= 15 is 0 Å². The highest BCUT2D eigenvalue weighted by molar-refractivity contribution is 5.97. The molecule has 1 aromatic heterocycles. The monoisotopic (exact) mass is 423 g/mol. The van der Waals surface area contributed by atoms with Crippen LogP contribution in [-0.2, 0) is 11.3 Å². The molecule has 0 spiro atoms. The van der Waals surface area contributed by atoms with Gasteiger partial charge in [0.2, 0.25) is 0 Å². The molecule has 0 atom stereocenters. The van der Waals surface area contributed by atoms with Crippen molar-refractivity contribution in [2.45, 2.75) is 51.1 Å². The molecule has 8 nitrogen and oxygen atoms in total. The molecule has 2 aromatic carbocycles. The molecule has 1 N–H and O–H groups in total. The number of hydrogen-bond donors (Lipinski definition) is 1. The van der Waals surface area contributed by atoms with Gasteiger partial charge in [0.05, 0.1) is 6.61 Å². The van der Waals surface area contributed by atoms with Crippen molar-refractivity contribution >= 4 is 22.9 Å². The largest absolute Gasteiger partial charge is 0.493 e. The maximum atomic E-state index is 13.3. The predicted molar refractivity (Wildman–Crippen MR) is 113 cm³/mol. The van der Waals surface area contributed by atoms with Gasteiger partial charge in [-0.3, -0.25) is 9.59 Å². The summed E-state index contributed by atoms with van der Waals surface area (Å²) < 4.78 is 10.7. The molecule has 8 heteroatoms. The fourth-order valence-corrected chi connectivity index (χ4v) is 3.53. The number of carboxylic acid groups (broad SMARTS) is 1. The number of amides is 1. The summed E-state index contributed by atoms with van der Waals surface area (Å²) in [4.78, 5) is 25.7. The molecule has 1 aliphatic rings. The van der Waals surface area contributed by atoms with E-state index in [2.05, 4.69) is 10.3 Å². The van der Waals surface area contributed by atoms with Crippen molar-refractivity contribution in [3.63, 3.8) is 0 Å². The van der Waals surface area contributed by atoms with E-state index in [0.29, 0.717) is 36.2 Å². The zero-order chi connectivity index (χ0) is 21.6. The van der Waals surface area contributed by atoms with E-state index < -0.39 is 5.97 Å². The molecule has 31 heavy (non-hydrogen) atoms. The van der Waals surface area contributed by atoms with Gasteiger partial charge in [0.15, 0.2) is 0 Å². The Kier molecular flexibility index (Phi) is 6.45. The number of rotatable bonds is 11. The first-order chi connectivity index (χ1) is 15.1. The SMILES string of the molecule is O=C(O)CCCCCOc1ccccc1CN(C(=O)c1ccc2nonc2c1)C1CC1. The van der Waals surface area contributed by atoms with Crippen LogP contribution in [0.3, 0.4) is 0 Å². The smallest absolute Gasteiger partial charge is 0.303 e. The Morgan fingerprint density at radius 3 is 2.68 bits per heavy atom. The lowest BCUT2D eigenvalue weighted by atomic mass is 10.1. The zero-order valence-corrected chi connectivity index (χ0v) is 17.2. The van der Waals surface area contributed by atoms with Crippen LogP contribution < -0.4 is 4.74 Å². The van der Waals surface area contributed by atoms with E-state index in [1.807, 2.05) is 29.2 Å². The standard InChI is InChI=1S/C23H25N3O5/c27-22(28)8-2-1-5-13-30-21-7-4-3-6-17(21)15-26(18-10-11-18)23(29)16-9-12-19-20(14-16)25-31-24-19/h3-4,6-7,9,12,14,18H,1-2,5,8,10-11,13,15H2,(H,27,28). The number of unbranched alkanes of at least 4 members (excludes halogenated alkanes) is 2. The number of carboxylic acids is 1. The van der Waals surface area contributed by atoms with Crippen molar-refractivity contribution in [3.8, 4) is 5.75 Å². The molecule has 0 unspecified atom stereocenters. The van der Waals surface area contributed by atoms with Crippen molar-refractivity contribution in [1.82, 2.24) is 15.2 Å². The van der Waals surface area contributed by atoms with Crippen molar-refractivity contribution < 1.29 is 24.1 Å². The minimum Gasteiger partial charge on any atom is -0.493 e. The minimum absolute atomic E-state index is 0.0455. The van der Waals surface area contributed by atoms with Crippen LogP contribution in [0.2, 0.25) is 0 Å². The van der Waals surface area contributed by atoms with Gasteiger partial charge in [-0.1, -0.05) is 18.2 Å². The Morgan fingerprint density at radius 2 is 1.87 bits per heavy atom. The van der Waals surface area contributed by atoms with Crippen LogP contribution in [0.25, 0.3) is 11.0 Å². The van der Waals surface area contributed by atoms with E-state index in [-0.39, 0.29) is 18.4 Å². The summed E-state index contributed by atoms with van der Waals surface area (Å²) in [6.45, 7) is 0.984. The summed E-state index contributed by atoms with van der Waals surface area (Å²) in [5, 5.41) is 16.3. The van der Waals surface area contributed by atoms with Gasteiger partial charge in [-0.05, 0) is 66.7 Å². The first-order valence-electron chi connectivity index (χ1n) is 10.6. The Balaban J connectivity index is 1.41. The highest BCUT2D eigenvalue weighted by Gasteiger charge is 2.33. The number of hydrogen-bond acceptors (Lipinski definition) is 6. The third kappa shape index (κ3) is 5.39. The van der Waals surface area contributed by atoms with Crippen molar-refractivity contribution in [1.29, 1.82) is 0 Å². The Hall–Kier alpha value is -3.42. The van der Waals surface area contributed by atoms with E-state index in [1.165, 1.54) is 0 Å². The molecule has 4 rings (SSSR count). The van der Waals surface area contributed by atoms with Gasteiger partial charge in [0.1, 0.15) is 16.8 Å². The van der Waals surface area contributed by atoms with E-state index in [0.717, 1.165) is 37.0 Å². The molecule has 1 heterocycles. The van der Waals surface area contributed by atoms with Crippen molar-refractivity contribution in [2.75, 3.05) is 6.61 Å². The first-order valence-corrected chi connectivity index (χ1v) is 10.6. The van der Waals surface area contributed by atoms with E-state index in [1.54, 1.807) is 18.2 Å². The number of aromatic nitrogens is 2. The Morgan fingerprint density at radius 1 is 1.06 bits per heavy atom. The number of aliphatic carboxylic acids is 1. The topological polar surface area (TPSA) is 106 Å². The van der Waals surface area contributed by atoms with Crippen molar-refractivity contribution in [2.24, 2.45) is 0 Å². The van der Waals surface area contributed by atoms with Gasteiger partial charge in [-0.2, -0.15) is 0 Å². The lowest BCUT2D eigenvalue weighted by Gasteiger charge is -2.24. The number of carbonyl (C=O) groups excluding carboxylic acids is 1. The number of carbonyl (C=O) groups is 2. The van der Waals surface area contributed by atoms with E-state index in [4.69, 9.17) is 14.5 Å². The van der Waals surface area contributed by atoms with Crippen LogP contribution in [0.15, 0.2) is 47.1 Å². The molecule has 1 saturated carbocycles. The lowest BCUT2D eigenvalue weighted by Crippen LogP contribution is -2.32. The Labute approximate surface area is 179 Å². The molecular weight excluding hydrogens is 398 g/mol. The molecule has 1 amide bonds. The number of fused-ring (bicyclic) bond motifs is 1. The molecule has 1 fully saturated rings. The van der Waals surface area contributed by atoms with Crippen LogP contribution in [-0.4, -0.2) is 44.8 Å². The van der Waals surface area contributed by atoms with Crippen molar-refractivity contribution in [3.05, 3.63) is 53.6 Å². The molecular formula is C23H25N3O5. The highest BCUT2D eigenvalue weighted by atomic mass is 16.6. The maximum absolute atomic E-state index is 13.3. The molecule has 3 aromatic rings. The number of benzene rings is 2. The average Bonchev–Trinajstić information content (AvgIpc) is 3.50. The third-order valence-electron chi connectivity index (χ3n) is 5.36. The van der Waals surface area contributed by atoms with Crippen LogP contribution in [0.4, 0.5) is 0 Å². The number of para-hydroxylation sites is 1. The number of nitrogens with zero attached hydrogens (tertiary/aromatic N) is 3. The quantitative estimate of drug-likeness (QED) is 0.464. The highest BCUT2D eigenvalue weighted by Crippen LogP contribution is 2.32. The molecule has 162 valence electrons. The second-order valence-corrected chi connectivity index (χ2v) is 7.79. The molecule has 1 aliphatic carbocycles. The summed E-state index contributed by atoms with van der Waals surface area (Å²) in [5.41, 5.74) is 2.70. The number of ether oxygens (including phenoxy) is 1. The molecule has 0 radical (unpaired) electrons. The van der Waals surface area contributed by atoms with Gasteiger partial charge in [-0.25, -0.2) is 4.63 Å². The summed E-state index contributed by atoms with van der Waals surface area (Å²) in [6.07, 6.45) is 4.41. The maximum Gasteiger partial charge on any atom is 0.303 e. The predicted octanol–water partition coefficient (Wildman–Crippen LogP) is 4.05. The average molecular weight is 423 g/mol. The van der Waals surface area contributed by atoms with Gasteiger partial charge in [0.25, 0.3) is 5.91 Å². The molecule has 0 bridgehead atoms. The van der Waals surface area contributed by atoms with Gasteiger partial charge < -0.3 is 14.7 Å². The van der Waals surface area contributed by atoms with Gasteiger partial charge >= 0.3 is 5.97 Å². The fourth-order valence-electron chi connectivity index (χ4n) is 3.53. The first kappa shape index (κ1) is 20.8. The molecule has 0 aliphatic heterocycles. The van der Waals surface area contributed by atoms with Crippen LogP contribution in [0.1, 0.15) is 54.4 Å². The van der Waals surface area contributed by atoms with Crippen LogP contribution >= 0.6 is 0 Å². The van der Waals surface area contributed by atoms with E-state index in [9.17, 15) is 9.59 Å². The van der Waals surface area contributed by atoms with Gasteiger partial charge in [-0.15, -0.1) is 0 Å². The second kappa shape index (κ2) is 9.59. The molecule has 0 saturated heterocycles. The van der Waals surface area contributed by atoms with Crippen LogP contribution in [0, 0.1) is 0 Å². The fraction of sp³-hybridized carbons (Fsp3) is 0.391. The van der Waals surface area contributed by atoms with Gasteiger partial charge in [0, 0.05) is 30.1 Å². The summed E-state index contributed by atoms with van der Waals surface area (Å²) in [5.74, 6) is -0.0544. The second-order valence-electron chi connectivity index (χ2n) is 7.79. The Bertz CT molecular complexity index is 1060.